The van der Waals surface area contributed by atoms with Crippen LogP contribution in [0.3, 0.4) is 0 Å². The van der Waals surface area contributed by atoms with Gasteiger partial charge >= 0.3 is 56.0 Å². The van der Waals surface area contributed by atoms with Crippen LogP contribution < -0.4 is 5.73 Å². The van der Waals surface area contributed by atoms with Crippen LogP contribution in [0.5, 0.6) is 0 Å². The van der Waals surface area contributed by atoms with E-state index >= 15 is 0 Å². The summed E-state index contributed by atoms with van der Waals surface area (Å²) in [5, 5.41) is 0. The first-order valence-electron chi connectivity index (χ1n) is 1.70. The molecular weight excluding hydrogens is 90.1 g/mol. The van der Waals surface area contributed by atoms with Gasteiger partial charge in [0.15, 0.2) is 0 Å². The molecule has 2 heteroatoms. The fourth-order valence-electron chi connectivity index (χ4n) is 0. The van der Waals surface area contributed by atoms with Gasteiger partial charge in [0, 0.05) is 0 Å². The van der Waals surface area contributed by atoms with Crippen LogP contribution >= 0.6 is 0 Å². The summed E-state index contributed by atoms with van der Waals surface area (Å²) in [7, 11) is 0. The quantitative estimate of drug-likeness (QED) is 0.445. The second kappa shape index (κ2) is 3.13. The van der Waals surface area contributed by atoms with Gasteiger partial charge in [0.05, 0.1) is 0 Å². The molecule has 0 aromatic carbocycles. The topological polar surface area (TPSA) is 26.0 Å². The average molecular weight is 97.2 g/mol. The molecule has 0 aliphatic carbocycles. The van der Waals surface area contributed by atoms with Gasteiger partial charge in [0.1, 0.15) is 0 Å². The zero-order valence-corrected chi connectivity index (χ0v) is 5.70. The van der Waals surface area contributed by atoms with E-state index in [2.05, 4.69) is 6.92 Å². The second-order valence-corrected chi connectivity index (χ2v) is 2.43. The van der Waals surface area contributed by atoms with Crippen molar-refractivity contribution in [1.29, 1.82) is 0 Å². The van der Waals surface area contributed by atoms with Gasteiger partial charge in [-0.1, -0.05) is 0 Å². The van der Waals surface area contributed by atoms with E-state index < -0.39 is 0 Å². The molecule has 0 fully saturated rings. The predicted molar refractivity (Wildman–Crippen MR) is 25.2 cm³/mol. The van der Waals surface area contributed by atoms with Crippen LogP contribution in [0.25, 0.3) is 0 Å². The summed E-state index contributed by atoms with van der Waals surface area (Å²) in [6, 6.07) is 0. The van der Waals surface area contributed by atoms with E-state index in [1.165, 1.54) is 0 Å². The Morgan fingerprint density at radius 3 is 2.20 bits per heavy atom. The van der Waals surface area contributed by atoms with Gasteiger partial charge in [-0.25, -0.2) is 0 Å². The molecule has 0 spiro atoms. The van der Waals surface area contributed by atoms with Crippen LogP contribution in [-0.4, -0.2) is 37.0 Å². The van der Waals surface area contributed by atoms with Crippen molar-refractivity contribution in [2.45, 2.75) is 13.3 Å². The Morgan fingerprint density at radius 1 is 2.00 bits per heavy atom. The van der Waals surface area contributed by atoms with E-state index in [0.29, 0.717) is 0 Å². The third kappa shape index (κ3) is 4.93. The molecule has 0 heterocycles. The van der Waals surface area contributed by atoms with Crippen molar-refractivity contribution in [2.75, 3.05) is 0 Å². The molecule has 0 aromatic rings. The SMILES string of the molecule is CC[C](N)=[Ca]. The minimum atomic E-state index is 1.06. The first kappa shape index (κ1) is 5.93. The molecule has 26 valence electrons. The standard InChI is InChI=1S/C3H7N.Ca/c1-2-3-4;/h2,4H2,1H3;. The van der Waals surface area contributed by atoms with Gasteiger partial charge in [-0.15, -0.1) is 0 Å². The molecule has 5 heavy (non-hydrogen) atoms. The number of rotatable bonds is 1. The van der Waals surface area contributed by atoms with Crippen molar-refractivity contribution in [1.82, 2.24) is 0 Å². The Balaban J connectivity index is 2.85. The number of hydrogen-bond acceptors (Lipinski definition) is 1. The molecule has 0 atom stereocenters. The van der Waals surface area contributed by atoms with Gasteiger partial charge in [-0.05, 0) is 0 Å². The van der Waals surface area contributed by atoms with Crippen LogP contribution in [-0.2, 0) is 0 Å². The number of nitrogens with two attached hydrogens (primary N) is 1. The molecule has 0 aliphatic heterocycles. The van der Waals surface area contributed by atoms with Gasteiger partial charge < -0.3 is 0 Å². The molecule has 0 amide bonds. The van der Waals surface area contributed by atoms with Gasteiger partial charge in [0.2, 0.25) is 0 Å². The molecule has 2 N–H and O–H groups in total. The van der Waals surface area contributed by atoms with Crippen molar-refractivity contribution in [3.05, 3.63) is 0 Å². The molecule has 0 aromatic heterocycles. The van der Waals surface area contributed by atoms with Crippen molar-refractivity contribution in [2.24, 2.45) is 5.73 Å². The van der Waals surface area contributed by atoms with Crippen LogP contribution in [0, 0.1) is 0 Å². The zero-order chi connectivity index (χ0) is 4.28. The Morgan fingerprint density at radius 2 is 2.20 bits per heavy atom. The predicted octanol–water partition coefficient (Wildman–Crippen LogP) is -0.346. The maximum atomic E-state index is 5.26. The van der Waals surface area contributed by atoms with Gasteiger partial charge in [-0.3, -0.25) is 0 Å². The Labute approximate surface area is 55.6 Å². The van der Waals surface area contributed by atoms with E-state index in [0.717, 1.165) is 43.4 Å². The molecule has 0 unspecified atom stereocenters. The van der Waals surface area contributed by atoms with Gasteiger partial charge in [0.25, 0.3) is 0 Å². The second-order valence-electron chi connectivity index (χ2n) is 1.01. The molecule has 0 aliphatic rings. The summed E-state index contributed by atoms with van der Waals surface area (Å²) < 4.78 is 1.13. The zero-order valence-electron chi connectivity index (χ0n) is 3.49. The average Bonchev–Trinajstić information content (AvgIpc) is 1.38. The van der Waals surface area contributed by atoms with E-state index in [-0.39, 0.29) is 0 Å². The summed E-state index contributed by atoms with van der Waals surface area (Å²) in [4.78, 5) is 0. The fourth-order valence-corrected chi connectivity index (χ4v) is 0. The summed E-state index contributed by atoms with van der Waals surface area (Å²) in [6.45, 7) is 2.07. The van der Waals surface area contributed by atoms with Crippen LogP contribution in [0.15, 0.2) is 0 Å². The van der Waals surface area contributed by atoms with Crippen molar-refractivity contribution >= 4 is 37.0 Å². The third-order valence-corrected chi connectivity index (χ3v) is 1.23. The summed E-state index contributed by atoms with van der Waals surface area (Å²) in [5.41, 5.74) is 5.26. The van der Waals surface area contributed by atoms with Crippen LogP contribution in [0.4, 0.5) is 0 Å². The molecule has 0 bridgehead atoms. The summed E-state index contributed by atoms with van der Waals surface area (Å²) in [5.74, 6) is 0. The Bertz CT molecular complexity index is 42.2. The van der Waals surface area contributed by atoms with E-state index in [1.807, 2.05) is 0 Å². The third-order valence-electron chi connectivity index (χ3n) is 0.454. The van der Waals surface area contributed by atoms with Crippen molar-refractivity contribution < 1.29 is 0 Å². The molecule has 1 nitrogen and oxygen atoms in total. The fraction of sp³-hybridized carbons (Fsp3) is 0.667. The Kier molecular flexibility index (Phi) is 3.72. The molecular formula is C3H7CaN. The van der Waals surface area contributed by atoms with Crippen molar-refractivity contribution in [3.8, 4) is 0 Å². The summed E-state index contributed by atoms with van der Waals surface area (Å²) in [6.07, 6.45) is 1.06. The molecule has 0 radical (unpaired) electrons. The van der Waals surface area contributed by atoms with E-state index in [1.54, 1.807) is 0 Å². The van der Waals surface area contributed by atoms with E-state index in [4.69, 9.17) is 5.73 Å². The first-order valence-corrected chi connectivity index (χ1v) is 2.81. The molecule has 0 saturated carbocycles. The minimum absolute atomic E-state index is 1.06. The van der Waals surface area contributed by atoms with Crippen LogP contribution in [0.2, 0.25) is 0 Å². The first-order chi connectivity index (χ1) is 2.27. The van der Waals surface area contributed by atoms with E-state index in [9.17, 15) is 0 Å². The van der Waals surface area contributed by atoms with Crippen molar-refractivity contribution in [3.63, 3.8) is 0 Å². The van der Waals surface area contributed by atoms with Gasteiger partial charge in [-0.2, -0.15) is 0 Å². The summed E-state index contributed by atoms with van der Waals surface area (Å²) >= 11 is 1.15. The maximum absolute atomic E-state index is 5.26. The molecule has 0 rings (SSSR count). The Hall–Kier alpha value is 0.930. The molecule has 0 saturated heterocycles. The number of hydrogen-bond donors (Lipinski definition) is 1. The monoisotopic (exact) mass is 97.0 g/mol. The normalized spacial score (nSPS) is 7.80. The van der Waals surface area contributed by atoms with Crippen LogP contribution in [0.1, 0.15) is 13.3 Å².